The van der Waals surface area contributed by atoms with Gasteiger partial charge >= 0.3 is 0 Å². The molecule has 1 fully saturated rings. The highest BCUT2D eigenvalue weighted by Crippen LogP contribution is 2.29. The third-order valence-electron chi connectivity index (χ3n) is 3.31. The van der Waals surface area contributed by atoms with Crippen LogP contribution >= 0.6 is 0 Å². The summed E-state index contributed by atoms with van der Waals surface area (Å²) in [5.74, 6) is 0.553. The molecule has 1 unspecified atom stereocenters. The molecule has 0 aliphatic carbocycles. The zero-order valence-corrected chi connectivity index (χ0v) is 10.2. The van der Waals surface area contributed by atoms with Crippen molar-refractivity contribution in [2.45, 2.75) is 45.6 Å². The van der Waals surface area contributed by atoms with Crippen molar-refractivity contribution in [1.29, 1.82) is 0 Å². The summed E-state index contributed by atoms with van der Waals surface area (Å²) in [7, 11) is 2.06. The molecule has 84 valence electrons. The van der Waals surface area contributed by atoms with Crippen molar-refractivity contribution < 1.29 is 0 Å². The van der Waals surface area contributed by atoms with Gasteiger partial charge in [-0.1, -0.05) is 13.8 Å². The molecule has 0 radical (unpaired) electrons. The van der Waals surface area contributed by atoms with Crippen molar-refractivity contribution in [1.82, 2.24) is 15.1 Å². The monoisotopic (exact) mass is 207 g/mol. The van der Waals surface area contributed by atoms with Gasteiger partial charge in [-0.05, 0) is 37.8 Å². The first-order valence-corrected chi connectivity index (χ1v) is 5.88. The van der Waals surface area contributed by atoms with Crippen molar-refractivity contribution in [3.05, 3.63) is 17.0 Å². The maximum Gasteiger partial charge on any atom is 0.0825 e. The molecule has 0 saturated carbocycles. The van der Waals surface area contributed by atoms with E-state index in [4.69, 9.17) is 0 Å². The Labute approximate surface area is 91.9 Å². The number of aryl methyl sites for hydroxylation is 1. The van der Waals surface area contributed by atoms with Crippen LogP contribution in [0.1, 0.15) is 55.6 Å². The van der Waals surface area contributed by atoms with Crippen LogP contribution in [-0.4, -0.2) is 16.3 Å². The maximum atomic E-state index is 4.67. The first-order valence-electron chi connectivity index (χ1n) is 5.88. The number of nitrogens with zero attached hydrogens (tertiary/aromatic N) is 2. The lowest BCUT2D eigenvalue weighted by molar-refractivity contribution is 0.597. The fourth-order valence-corrected chi connectivity index (χ4v) is 2.72. The topological polar surface area (TPSA) is 29.9 Å². The summed E-state index contributed by atoms with van der Waals surface area (Å²) in [4.78, 5) is 0. The van der Waals surface area contributed by atoms with E-state index in [1.165, 1.54) is 29.8 Å². The van der Waals surface area contributed by atoms with E-state index in [1.54, 1.807) is 0 Å². The van der Waals surface area contributed by atoms with Crippen molar-refractivity contribution >= 4 is 0 Å². The normalized spacial score (nSPS) is 21.5. The molecule has 15 heavy (non-hydrogen) atoms. The smallest absolute Gasteiger partial charge is 0.0825 e. The predicted octanol–water partition coefficient (Wildman–Crippen LogP) is 2.28. The molecule has 0 amide bonds. The Hall–Kier alpha value is -0.830. The summed E-state index contributed by atoms with van der Waals surface area (Å²) in [5.41, 5.74) is 4.02. The first kappa shape index (κ1) is 10.7. The summed E-state index contributed by atoms with van der Waals surface area (Å²) in [6.07, 6.45) is 2.51. The molecular weight excluding hydrogens is 186 g/mol. The zero-order valence-electron chi connectivity index (χ0n) is 10.2. The van der Waals surface area contributed by atoms with Gasteiger partial charge in [0.2, 0.25) is 0 Å². The summed E-state index contributed by atoms with van der Waals surface area (Å²) >= 11 is 0. The molecular formula is C12H21N3. The molecule has 1 aromatic heterocycles. The summed E-state index contributed by atoms with van der Waals surface area (Å²) in [6.45, 7) is 7.81. The molecule has 1 aliphatic rings. The predicted molar refractivity (Wildman–Crippen MR) is 62.0 cm³/mol. The molecule has 3 nitrogen and oxygen atoms in total. The molecule has 2 rings (SSSR count). The Morgan fingerprint density at radius 1 is 1.47 bits per heavy atom. The van der Waals surface area contributed by atoms with Crippen LogP contribution < -0.4 is 5.32 Å². The van der Waals surface area contributed by atoms with Gasteiger partial charge in [0, 0.05) is 12.7 Å². The van der Waals surface area contributed by atoms with Gasteiger partial charge in [-0.2, -0.15) is 5.10 Å². The standard InChI is InChI=1S/C12H21N3/c1-8(2)12-9(3)11(14-15(12)4)10-6-5-7-13-10/h8,10,13H,5-7H2,1-4H3. The fourth-order valence-electron chi connectivity index (χ4n) is 2.72. The molecule has 0 bridgehead atoms. The van der Waals surface area contributed by atoms with Crippen molar-refractivity contribution in [3.8, 4) is 0 Å². The van der Waals surface area contributed by atoms with Crippen LogP contribution in [0.2, 0.25) is 0 Å². The van der Waals surface area contributed by atoms with Gasteiger partial charge in [0.05, 0.1) is 11.7 Å². The molecule has 1 saturated heterocycles. The molecule has 1 aromatic rings. The highest BCUT2D eigenvalue weighted by molar-refractivity contribution is 5.29. The Morgan fingerprint density at radius 3 is 2.67 bits per heavy atom. The number of aromatic nitrogens is 2. The van der Waals surface area contributed by atoms with Crippen LogP contribution in [0.5, 0.6) is 0 Å². The van der Waals surface area contributed by atoms with Crippen LogP contribution in [0.25, 0.3) is 0 Å². The van der Waals surface area contributed by atoms with E-state index in [0.717, 1.165) is 6.54 Å². The third-order valence-corrected chi connectivity index (χ3v) is 3.31. The lowest BCUT2D eigenvalue weighted by Crippen LogP contribution is -2.14. The Morgan fingerprint density at radius 2 is 2.20 bits per heavy atom. The number of rotatable bonds is 2. The van der Waals surface area contributed by atoms with Crippen LogP contribution in [0.15, 0.2) is 0 Å². The van der Waals surface area contributed by atoms with Gasteiger partial charge in [0.1, 0.15) is 0 Å². The molecule has 1 N–H and O–H groups in total. The highest BCUT2D eigenvalue weighted by atomic mass is 15.3. The Bertz CT molecular complexity index is 346. The average molecular weight is 207 g/mol. The Balaban J connectivity index is 2.36. The fraction of sp³-hybridized carbons (Fsp3) is 0.750. The van der Waals surface area contributed by atoms with Gasteiger partial charge in [-0.15, -0.1) is 0 Å². The maximum absolute atomic E-state index is 4.67. The van der Waals surface area contributed by atoms with E-state index in [9.17, 15) is 0 Å². The molecule has 1 atom stereocenters. The summed E-state index contributed by atoms with van der Waals surface area (Å²) in [5, 5.41) is 8.18. The van der Waals surface area contributed by atoms with Crippen LogP contribution in [0, 0.1) is 6.92 Å². The minimum absolute atomic E-state index is 0.490. The average Bonchev–Trinajstić information content (AvgIpc) is 2.72. The van der Waals surface area contributed by atoms with E-state index >= 15 is 0 Å². The third kappa shape index (κ3) is 1.81. The Kier molecular flexibility index (Phi) is 2.83. The molecule has 0 spiro atoms. The van der Waals surface area contributed by atoms with Crippen molar-refractivity contribution in [2.24, 2.45) is 7.05 Å². The van der Waals surface area contributed by atoms with E-state index in [1.807, 2.05) is 0 Å². The number of hydrogen-bond acceptors (Lipinski definition) is 2. The van der Waals surface area contributed by atoms with Crippen molar-refractivity contribution in [2.75, 3.05) is 6.54 Å². The van der Waals surface area contributed by atoms with Crippen molar-refractivity contribution in [3.63, 3.8) is 0 Å². The van der Waals surface area contributed by atoms with Crippen LogP contribution in [0.4, 0.5) is 0 Å². The quantitative estimate of drug-likeness (QED) is 0.806. The second-order valence-corrected chi connectivity index (χ2v) is 4.82. The molecule has 0 aromatic carbocycles. The van der Waals surface area contributed by atoms with Gasteiger partial charge in [0.15, 0.2) is 0 Å². The van der Waals surface area contributed by atoms with E-state index < -0.39 is 0 Å². The number of nitrogens with one attached hydrogen (secondary N) is 1. The minimum Gasteiger partial charge on any atom is -0.309 e. The molecule has 1 aliphatic heterocycles. The van der Waals surface area contributed by atoms with Crippen LogP contribution in [0.3, 0.4) is 0 Å². The lowest BCUT2D eigenvalue weighted by Gasteiger charge is -2.09. The minimum atomic E-state index is 0.490. The van der Waals surface area contributed by atoms with Gasteiger partial charge in [0.25, 0.3) is 0 Å². The first-order chi connectivity index (χ1) is 7.11. The SMILES string of the molecule is Cc1c(C2CCCN2)nn(C)c1C(C)C. The summed E-state index contributed by atoms with van der Waals surface area (Å²) in [6, 6.07) is 0.490. The second-order valence-electron chi connectivity index (χ2n) is 4.82. The molecule has 3 heteroatoms. The largest absolute Gasteiger partial charge is 0.309 e. The van der Waals surface area contributed by atoms with Crippen LogP contribution in [-0.2, 0) is 7.05 Å². The van der Waals surface area contributed by atoms with Gasteiger partial charge < -0.3 is 5.32 Å². The highest BCUT2D eigenvalue weighted by Gasteiger charge is 2.24. The van der Waals surface area contributed by atoms with E-state index in [2.05, 4.69) is 42.9 Å². The zero-order chi connectivity index (χ0) is 11.0. The van der Waals surface area contributed by atoms with Gasteiger partial charge in [-0.25, -0.2) is 0 Å². The lowest BCUT2D eigenvalue weighted by atomic mass is 10.0. The number of hydrogen-bond donors (Lipinski definition) is 1. The van der Waals surface area contributed by atoms with E-state index in [-0.39, 0.29) is 0 Å². The summed E-state index contributed by atoms with van der Waals surface area (Å²) < 4.78 is 2.05. The second kappa shape index (κ2) is 3.97. The molecule has 2 heterocycles. The van der Waals surface area contributed by atoms with Gasteiger partial charge in [-0.3, -0.25) is 4.68 Å². The van der Waals surface area contributed by atoms with E-state index in [0.29, 0.717) is 12.0 Å².